The lowest BCUT2D eigenvalue weighted by atomic mass is 10.0. The van der Waals surface area contributed by atoms with Crippen molar-refractivity contribution in [2.24, 2.45) is 5.92 Å². The van der Waals surface area contributed by atoms with E-state index in [0.717, 1.165) is 9.91 Å². The molecule has 2 heterocycles. The number of amides is 4. The number of hydrogen-bond donors (Lipinski definition) is 1. The van der Waals surface area contributed by atoms with E-state index < -0.39 is 35.6 Å². The van der Waals surface area contributed by atoms with Gasteiger partial charge in [-0.1, -0.05) is 13.8 Å². The Bertz CT molecular complexity index is 1070. The first-order valence-corrected chi connectivity index (χ1v) is 11.0. The largest absolute Gasteiger partial charge is 0.497 e. The van der Waals surface area contributed by atoms with Crippen LogP contribution in [0.4, 0.5) is 5.69 Å². The molecular weight excluding hydrogens is 440 g/mol. The van der Waals surface area contributed by atoms with Gasteiger partial charge in [0.05, 0.1) is 31.9 Å². The van der Waals surface area contributed by atoms with Crippen LogP contribution in [-0.4, -0.2) is 53.9 Å². The lowest BCUT2D eigenvalue weighted by Crippen LogP contribution is -2.56. The SMILES string of the molecule is CCC(CC)C(=O)N(NC(=O)c1cccnc1)C1CC(=O)N(c2ccc(OC)cc2OC)C1=O. The van der Waals surface area contributed by atoms with E-state index in [1.54, 1.807) is 18.2 Å². The van der Waals surface area contributed by atoms with E-state index in [0.29, 0.717) is 18.6 Å². The molecule has 0 saturated carbocycles. The van der Waals surface area contributed by atoms with Crippen LogP contribution >= 0.6 is 0 Å². The molecule has 180 valence electrons. The number of carbonyl (C=O) groups is 4. The number of ether oxygens (including phenoxy) is 2. The molecule has 10 heteroatoms. The van der Waals surface area contributed by atoms with Crippen molar-refractivity contribution in [3.8, 4) is 11.5 Å². The monoisotopic (exact) mass is 468 g/mol. The predicted molar refractivity (Wildman–Crippen MR) is 123 cm³/mol. The van der Waals surface area contributed by atoms with Gasteiger partial charge in [-0.05, 0) is 37.1 Å². The fraction of sp³-hybridized carbons (Fsp3) is 0.375. The van der Waals surface area contributed by atoms with E-state index >= 15 is 0 Å². The second kappa shape index (κ2) is 10.8. The van der Waals surface area contributed by atoms with Crippen molar-refractivity contribution in [2.45, 2.75) is 39.2 Å². The summed E-state index contributed by atoms with van der Waals surface area (Å²) in [5.74, 6) is -1.87. The maximum atomic E-state index is 13.5. The molecule has 1 aromatic carbocycles. The molecule has 4 amide bonds. The van der Waals surface area contributed by atoms with Gasteiger partial charge in [-0.15, -0.1) is 0 Å². The topological polar surface area (TPSA) is 118 Å². The van der Waals surface area contributed by atoms with Gasteiger partial charge in [-0.3, -0.25) is 29.6 Å². The van der Waals surface area contributed by atoms with Crippen molar-refractivity contribution in [3.05, 3.63) is 48.3 Å². The van der Waals surface area contributed by atoms with Gasteiger partial charge in [0.1, 0.15) is 17.5 Å². The Balaban J connectivity index is 1.96. The number of aromatic nitrogens is 1. The fourth-order valence-electron chi connectivity index (χ4n) is 3.83. The summed E-state index contributed by atoms with van der Waals surface area (Å²) in [6.07, 6.45) is 3.61. The van der Waals surface area contributed by atoms with Crippen LogP contribution in [0.1, 0.15) is 43.5 Å². The van der Waals surface area contributed by atoms with Crippen LogP contribution in [0.5, 0.6) is 11.5 Å². The average Bonchev–Trinajstić information content (AvgIpc) is 3.16. The molecule has 0 radical (unpaired) electrons. The van der Waals surface area contributed by atoms with Gasteiger partial charge in [0.25, 0.3) is 11.8 Å². The third-order valence-electron chi connectivity index (χ3n) is 5.78. The molecule has 1 aliphatic heterocycles. The summed E-state index contributed by atoms with van der Waals surface area (Å²) in [5.41, 5.74) is 3.00. The number of benzene rings is 1. The molecule has 2 aromatic rings. The van der Waals surface area contributed by atoms with E-state index in [4.69, 9.17) is 9.47 Å². The third kappa shape index (κ3) is 4.85. The van der Waals surface area contributed by atoms with Crippen molar-refractivity contribution in [1.82, 2.24) is 15.4 Å². The molecule has 1 atom stereocenters. The normalized spacial score (nSPS) is 15.4. The highest BCUT2D eigenvalue weighted by atomic mass is 16.5. The quantitative estimate of drug-likeness (QED) is 0.467. The highest BCUT2D eigenvalue weighted by Gasteiger charge is 2.47. The highest BCUT2D eigenvalue weighted by molar-refractivity contribution is 6.23. The summed E-state index contributed by atoms with van der Waals surface area (Å²) in [6.45, 7) is 3.70. The number of nitrogens with zero attached hydrogens (tertiary/aromatic N) is 3. The molecule has 1 N–H and O–H groups in total. The van der Waals surface area contributed by atoms with Gasteiger partial charge in [-0.25, -0.2) is 9.91 Å². The Morgan fingerprint density at radius 1 is 1.18 bits per heavy atom. The zero-order chi connectivity index (χ0) is 24.8. The number of imide groups is 1. The van der Waals surface area contributed by atoms with E-state index in [1.807, 2.05) is 13.8 Å². The number of pyridine rings is 1. The summed E-state index contributed by atoms with van der Waals surface area (Å²) in [5, 5.41) is 1.00. The number of nitrogens with one attached hydrogen (secondary N) is 1. The smallest absolute Gasteiger partial charge is 0.271 e. The van der Waals surface area contributed by atoms with E-state index in [2.05, 4.69) is 10.4 Å². The van der Waals surface area contributed by atoms with E-state index in [1.165, 1.54) is 38.7 Å². The predicted octanol–water partition coefficient (Wildman–Crippen LogP) is 2.34. The molecule has 1 fully saturated rings. The lowest BCUT2D eigenvalue weighted by Gasteiger charge is -2.30. The molecule has 34 heavy (non-hydrogen) atoms. The van der Waals surface area contributed by atoms with Crippen LogP contribution in [-0.2, 0) is 14.4 Å². The summed E-state index contributed by atoms with van der Waals surface area (Å²) >= 11 is 0. The first-order chi connectivity index (χ1) is 16.4. The molecule has 1 aliphatic rings. The van der Waals surface area contributed by atoms with Crippen LogP contribution in [0.25, 0.3) is 0 Å². The molecule has 3 rings (SSSR count). The summed E-state index contributed by atoms with van der Waals surface area (Å²) in [4.78, 5) is 57.5. The van der Waals surface area contributed by atoms with Crippen molar-refractivity contribution in [1.29, 1.82) is 0 Å². The minimum absolute atomic E-state index is 0.218. The Labute approximate surface area is 197 Å². The van der Waals surface area contributed by atoms with Crippen molar-refractivity contribution in [2.75, 3.05) is 19.1 Å². The second-order valence-corrected chi connectivity index (χ2v) is 7.73. The number of methoxy groups -OCH3 is 2. The molecular formula is C24H28N4O6. The van der Waals surface area contributed by atoms with Crippen molar-refractivity contribution < 1.29 is 28.7 Å². The zero-order valence-corrected chi connectivity index (χ0v) is 19.6. The minimum Gasteiger partial charge on any atom is -0.497 e. The van der Waals surface area contributed by atoms with Crippen LogP contribution < -0.4 is 19.8 Å². The minimum atomic E-state index is -1.20. The Kier molecular flexibility index (Phi) is 7.83. The summed E-state index contributed by atoms with van der Waals surface area (Å²) in [7, 11) is 2.90. The molecule has 1 saturated heterocycles. The molecule has 10 nitrogen and oxygen atoms in total. The van der Waals surface area contributed by atoms with Gasteiger partial charge in [0.2, 0.25) is 11.8 Å². The second-order valence-electron chi connectivity index (χ2n) is 7.73. The number of hydrazine groups is 1. The van der Waals surface area contributed by atoms with Gasteiger partial charge in [0.15, 0.2) is 0 Å². The Morgan fingerprint density at radius 3 is 2.50 bits per heavy atom. The average molecular weight is 469 g/mol. The van der Waals surface area contributed by atoms with Gasteiger partial charge in [0, 0.05) is 24.4 Å². The number of anilines is 1. The number of carbonyl (C=O) groups excluding carboxylic acids is 4. The molecule has 1 aromatic heterocycles. The number of hydrogen-bond acceptors (Lipinski definition) is 7. The standard InChI is InChI=1S/C24H28N4O6/c1-5-15(6-2)23(31)28(26-22(30)16-8-7-11-25-14-16)19-13-21(29)27(24(19)32)18-10-9-17(33-3)12-20(18)34-4/h7-12,14-15,19H,5-6,13H2,1-4H3,(H,26,30). The fourth-order valence-corrected chi connectivity index (χ4v) is 3.83. The van der Waals surface area contributed by atoms with Crippen LogP contribution in [0.3, 0.4) is 0 Å². The van der Waals surface area contributed by atoms with Gasteiger partial charge < -0.3 is 9.47 Å². The lowest BCUT2D eigenvalue weighted by molar-refractivity contribution is -0.145. The molecule has 0 bridgehead atoms. The molecule has 1 unspecified atom stereocenters. The first-order valence-electron chi connectivity index (χ1n) is 11.0. The maximum absolute atomic E-state index is 13.5. The third-order valence-corrected chi connectivity index (χ3v) is 5.78. The summed E-state index contributed by atoms with van der Waals surface area (Å²) in [6, 6.07) is 6.62. The first kappa shape index (κ1) is 24.7. The Morgan fingerprint density at radius 2 is 1.91 bits per heavy atom. The van der Waals surface area contributed by atoms with Crippen LogP contribution in [0.2, 0.25) is 0 Å². The van der Waals surface area contributed by atoms with Gasteiger partial charge in [-0.2, -0.15) is 0 Å². The molecule has 0 spiro atoms. The zero-order valence-electron chi connectivity index (χ0n) is 19.6. The number of rotatable bonds is 8. The van der Waals surface area contributed by atoms with Crippen molar-refractivity contribution in [3.63, 3.8) is 0 Å². The van der Waals surface area contributed by atoms with Crippen LogP contribution in [0.15, 0.2) is 42.7 Å². The summed E-state index contributed by atoms with van der Waals surface area (Å²) < 4.78 is 10.5. The highest BCUT2D eigenvalue weighted by Crippen LogP contribution is 2.36. The van der Waals surface area contributed by atoms with Crippen molar-refractivity contribution >= 4 is 29.3 Å². The van der Waals surface area contributed by atoms with Crippen LogP contribution in [0, 0.1) is 5.92 Å². The maximum Gasteiger partial charge on any atom is 0.271 e. The van der Waals surface area contributed by atoms with E-state index in [9.17, 15) is 19.2 Å². The van der Waals surface area contributed by atoms with Gasteiger partial charge >= 0.3 is 0 Å². The van der Waals surface area contributed by atoms with E-state index in [-0.39, 0.29) is 23.4 Å². The molecule has 0 aliphatic carbocycles. The Hall–Kier alpha value is -3.95.